The fourth-order valence-electron chi connectivity index (χ4n) is 1.45. The van der Waals surface area contributed by atoms with Crippen LogP contribution in [-0.2, 0) is 0 Å². The maximum atomic E-state index is 8.88. The zero-order valence-electron chi connectivity index (χ0n) is 10.1. The number of nitrogens with two attached hydrogens (primary N) is 1. The van der Waals surface area contributed by atoms with Gasteiger partial charge in [0, 0.05) is 37.1 Å². The van der Waals surface area contributed by atoms with Crippen molar-refractivity contribution in [2.45, 2.75) is 20.0 Å². The number of anilines is 2. The highest BCUT2D eigenvalue weighted by molar-refractivity contribution is 5.60. The molecule has 0 atom stereocenters. The number of likely N-dealkylation sites (N-methyl/N-ethyl adjacent to an activating group) is 1. The summed E-state index contributed by atoms with van der Waals surface area (Å²) in [6, 6.07) is 5.59. The first kappa shape index (κ1) is 12.6. The molecule has 90 valence electrons. The normalized spacial score (nSPS) is 10.6. The van der Waals surface area contributed by atoms with Gasteiger partial charge in [0.05, 0.1) is 12.7 Å². The first-order valence-electron chi connectivity index (χ1n) is 5.42. The number of ether oxygens (including phenoxy) is 1. The van der Waals surface area contributed by atoms with Crippen LogP contribution in [0.4, 0.5) is 11.4 Å². The number of hydrogen-bond acceptors (Lipinski definition) is 4. The SMILES string of the molecule is CC(C)Oc1cc(N)cc(N(C)CCO)c1. The van der Waals surface area contributed by atoms with Gasteiger partial charge in [-0.25, -0.2) is 0 Å². The van der Waals surface area contributed by atoms with Crippen molar-refractivity contribution in [1.29, 1.82) is 0 Å². The molecule has 0 aromatic heterocycles. The van der Waals surface area contributed by atoms with Gasteiger partial charge in [-0.1, -0.05) is 0 Å². The predicted molar refractivity (Wildman–Crippen MR) is 67.0 cm³/mol. The third-order valence-electron chi connectivity index (χ3n) is 2.16. The molecule has 1 aromatic carbocycles. The molecule has 16 heavy (non-hydrogen) atoms. The van der Waals surface area contributed by atoms with E-state index >= 15 is 0 Å². The Morgan fingerprint density at radius 2 is 2.06 bits per heavy atom. The van der Waals surface area contributed by atoms with Crippen molar-refractivity contribution in [2.24, 2.45) is 0 Å². The van der Waals surface area contributed by atoms with E-state index in [9.17, 15) is 0 Å². The van der Waals surface area contributed by atoms with Crippen molar-refractivity contribution < 1.29 is 9.84 Å². The molecule has 1 aromatic rings. The van der Waals surface area contributed by atoms with E-state index in [1.807, 2.05) is 37.9 Å². The van der Waals surface area contributed by atoms with E-state index in [0.717, 1.165) is 11.4 Å². The predicted octanol–water partition coefficient (Wildman–Crippen LogP) is 1.48. The summed E-state index contributed by atoms with van der Waals surface area (Å²) < 4.78 is 5.59. The van der Waals surface area contributed by atoms with Crippen LogP contribution in [0.3, 0.4) is 0 Å². The lowest BCUT2D eigenvalue weighted by Crippen LogP contribution is -2.21. The number of benzene rings is 1. The lowest BCUT2D eigenvalue weighted by atomic mass is 10.2. The van der Waals surface area contributed by atoms with E-state index in [1.54, 1.807) is 6.07 Å². The summed E-state index contributed by atoms with van der Waals surface area (Å²) in [4.78, 5) is 1.93. The number of nitrogen functional groups attached to an aromatic ring is 1. The minimum atomic E-state index is 0.117. The van der Waals surface area contributed by atoms with Crippen LogP contribution in [0.15, 0.2) is 18.2 Å². The van der Waals surface area contributed by atoms with Crippen LogP contribution in [-0.4, -0.2) is 31.4 Å². The van der Waals surface area contributed by atoms with Crippen LogP contribution >= 0.6 is 0 Å². The summed E-state index contributed by atoms with van der Waals surface area (Å²) in [5, 5.41) is 8.88. The van der Waals surface area contributed by atoms with Crippen LogP contribution in [0.25, 0.3) is 0 Å². The van der Waals surface area contributed by atoms with Crippen LogP contribution in [0, 0.1) is 0 Å². The molecule has 0 bridgehead atoms. The second-order valence-electron chi connectivity index (χ2n) is 4.07. The maximum absolute atomic E-state index is 8.88. The fraction of sp³-hybridized carbons (Fsp3) is 0.500. The van der Waals surface area contributed by atoms with Crippen LogP contribution < -0.4 is 15.4 Å². The molecular formula is C12H20N2O2. The maximum Gasteiger partial charge on any atom is 0.123 e. The Morgan fingerprint density at radius 1 is 1.38 bits per heavy atom. The molecule has 3 N–H and O–H groups in total. The zero-order valence-corrected chi connectivity index (χ0v) is 10.1. The van der Waals surface area contributed by atoms with Crippen molar-refractivity contribution in [3.63, 3.8) is 0 Å². The highest BCUT2D eigenvalue weighted by atomic mass is 16.5. The van der Waals surface area contributed by atoms with E-state index < -0.39 is 0 Å². The molecule has 0 spiro atoms. The average Bonchev–Trinajstić information content (AvgIpc) is 2.15. The van der Waals surface area contributed by atoms with E-state index in [0.29, 0.717) is 12.2 Å². The average molecular weight is 224 g/mol. The van der Waals surface area contributed by atoms with E-state index in [-0.39, 0.29) is 12.7 Å². The van der Waals surface area contributed by atoms with Crippen LogP contribution in [0.5, 0.6) is 5.75 Å². The Balaban J connectivity index is 2.89. The van der Waals surface area contributed by atoms with Crippen molar-refractivity contribution in [1.82, 2.24) is 0 Å². The summed E-state index contributed by atoms with van der Waals surface area (Å²) in [5.74, 6) is 0.759. The van der Waals surface area contributed by atoms with E-state index in [4.69, 9.17) is 15.6 Å². The van der Waals surface area contributed by atoms with Crippen molar-refractivity contribution in [2.75, 3.05) is 30.8 Å². The molecular weight excluding hydrogens is 204 g/mol. The van der Waals surface area contributed by atoms with Gasteiger partial charge in [-0.2, -0.15) is 0 Å². The molecule has 4 nitrogen and oxygen atoms in total. The molecule has 0 fully saturated rings. The Kier molecular flexibility index (Phi) is 4.43. The third kappa shape index (κ3) is 3.62. The second kappa shape index (κ2) is 5.61. The van der Waals surface area contributed by atoms with Gasteiger partial charge in [-0.05, 0) is 19.9 Å². The lowest BCUT2D eigenvalue weighted by Gasteiger charge is -2.20. The van der Waals surface area contributed by atoms with Crippen molar-refractivity contribution in [3.05, 3.63) is 18.2 Å². The van der Waals surface area contributed by atoms with Gasteiger partial charge in [-0.15, -0.1) is 0 Å². The minimum Gasteiger partial charge on any atom is -0.491 e. The van der Waals surface area contributed by atoms with Gasteiger partial charge in [-0.3, -0.25) is 0 Å². The molecule has 0 saturated heterocycles. The Labute approximate surface area is 96.6 Å². The van der Waals surface area contributed by atoms with Crippen LogP contribution in [0.2, 0.25) is 0 Å². The van der Waals surface area contributed by atoms with Gasteiger partial charge in [0.25, 0.3) is 0 Å². The smallest absolute Gasteiger partial charge is 0.123 e. The highest BCUT2D eigenvalue weighted by Crippen LogP contribution is 2.25. The van der Waals surface area contributed by atoms with Crippen molar-refractivity contribution >= 4 is 11.4 Å². The first-order chi connectivity index (χ1) is 7.52. The number of rotatable bonds is 5. The lowest BCUT2D eigenvalue weighted by molar-refractivity contribution is 0.242. The minimum absolute atomic E-state index is 0.117. The van der Waals surface area contributed by atoms with Gasteiger partial charge in [0.15, 0.2) is 0 Å². The summed E-state index contributed by atoms with van der Waals surface area (Å²) in [6.45, 7) is 4.64. The molecule has 0 aliphatic heterocycles. The van der Waals surface area contributed by atoms with Gasteiger partial charge in [0.1, 0.15) is 5.75 Å². The molecule has 1 rings (SSSR count). The molecule has 0 unspecified atom stereocenters. The second-order valence-corrected chi connectivity index (χ2v) is 4.07. The quantitative estimate of drug-likeness (QED) is 0.744. The highest BCUT2D eigenvalue weighted by Gasteiger charge is 2.05. The van der Waals surface area contributed by atoms with E-state index in [2.05, 4.69) is 0 Å². The number of aliphatic hydroxyl groups is 1. The number of hydrogen-bond donors (Lipinski definition) is 2. The largest absolute Gasteiger partial charge is 0.491 e. The summed E-state index contributed by atoms with van der Waals surface area (Å²) in [7, 11) is 1.91. The van der Waals surface area contributed by atoms with Gasteiger partial charge >= 0.3 is 0 Å². The van der Waals surface area contributed by atoms with Gasteiger partial charge < -0.3 is 20.5 Å². The van der Waals surface area contributed by atoms with Crippen molar-refractivity contribution in [3.8, 4) is 5.75 Å². The Bertz CT molecular complexity index is 340. The molecule has 0 radical (unpaired) electrons. The Morgan fingerprint density at radius 3 is 2.62 bits per heavy atom. The number of aliphatic hydroxyl groups excluding tert-OH is 1. The standard InChI is InChI=1S/C12H20N2O2/c1-9(2)16-12-7-10(13)6-11(8-12)14(3)4-5-15/h6-9,15H,4-5,13H2,1-3H3. The molecule has 0 heterocycles. The molecule has 0 aliphatic carbocycles. The molecule has 0 amide bonds. The first-order valence-corrected chi connectivity index (χ1v) is 5.42. The summed E-state index contributed by atoms with van der Waals surface area (Å²) >= 11 is 0. The molecule has 0 aliphatic rings. The molecule has 0 saturated carbocycles. The third-order valence-corrected chi connectivity index (χ3v) is 2.16. The van der Waals surface area contributed by atoms with E-state index in [1.165, 1.54) is 0 Å². The van der Waals surface area contributed by atoms with Crippen LogP contribution in [0.1, 0.15) is 13.8 Å². The molecule has 4 heteroatoms. The summed E-state index contributed by atoms with van der Waals surface area (Å²) in [5.41, 5.74) is 7.41. The topological polar surface area (TPSA) is 58.7 Å². The summed E-state index contributed by atoms with van der Waals surface area (Å²) in [6.07, 6.45) is 0.123. The van der Waals surface area contributed by atoms with Gasteiger partial charge in [0.2, 0.25) is 0 Å². The Hall–Kier alpha value is -1.42. The number of nitrogens with zero attached hydrogens (tertiary/aromatic N) is 1. The monoisotopic (exact) mass is 224 g/mol. The fourth-order valence-corrected chi connectivity index (χ4v) is 1.45. The zero-order chi connectivity index (χ0) is 12.1.